The molecular weight excluding hydrogens is 263 g/mol. The zero-order valence-electron chi connectivity index (χ0n) is 9.62. The molecule has 0 radical (unpaired) electrons. The number of carbonyl (C=O) groups is 1. The molecule has 1 amide bonds. The molecule has 100 valence electrons. The van der Waals surface area contributed by atoms with Crippen molar-refractivity contribution in [1.29, 1.82) is 0 Å². The van der Waals surface area contributed by atoms with Gasteiger partial charge in [0.2, 0.25) is 11.8 Å². The van der Waals surface area contributed by atoms with Crippen LogP contribution >= 0.6 is 0 Å². The summed E-state index contributed by atoms with van der Waals surface area (Å²) in [5.41, 5.74) is 0.915. The number of carbonyl (C=O) groups excluding carboxylic acids is 1. The van der Waals surface area contributed by atoms with E-state index in [4.69, 9.17) is 0 Å². The molecule has 2 N–H and O–H groups in total. The Kier molecular flexibility index (Phi) is 3.19. The van der Waals surface area contributed by atoms with Crippen LogP contribution in [0.5, 0.6) is 0 Å². The molecule has 0 unspecified atom stereocenters. The SMILES string of the molecule is Cc1ccc(C(=O)Nc2n[nH]c(C(F)(F)F)n2)cn1. The summed E-state index contributed by atoms with van der Waals surface area (Å²) < 4.78 is 36.7. The Bertz CT molecular complexity index is 590. The van der Waals surface area contributed by atoms with Gasteiger partial charge >= 0.3 is 6.18 Å². The van der Waals surface area contributed by atoms with E-state index in [0.717, 1.165) is 0 Å². The van der Waals surface area contributed by atoms with Crippen LogP contribution in [-0.4, -0.2) is 26.1 Å². The van der Waals surface area contributed by atoms with Crippen molar-refractivity contribution in [3.05, 3.63) is 35.4 Å². The standard InChI is InChI=1S/C10H8F3N5O/c1-5-2-3-6(4-14-5)7(19)15-9-16-8(17-18-9)10(11,12)13/h2-4H,1H3,(H2,15,16,17,18,19). The summed E-state index contributed by atoms with van der Waals surface area (Å²) in [5.74, 6) is -2.36. The fourth-order valence-corrected chi connectivity index (χ4v) is 1.22. The first-order valence-corrected chi connectivity index (χ1v) is 5.10. The molecule has 19 heavy (non-hydrogen) atoms. The predicted octanol–water partition coefficient (Wildman–Crippen LogP) is 1.78. The molecule has 2 heterocycles. The Hall–Kier alpha value is -2.45. The third-order valence-electron chi connectivity index (χ3n) is 2.15. The highest BCUT2D eigenvalue weighted by molar-refractivity contribution is 6.03. The number of alkyl halides is 3. The molecule has 0 spiro atoms. The van der Waals surface area contributed by atoms with Crippen molar-refractivity contribution in [3.8, 4) is 0 Å². The van der Waals surface area contributed by atoms with E-state index in [1.54, 1.807) is 18.1 Å². The number of aromatic amines is 1. The largest absolute Gasteiger partial charge is 0.451 e. The fraction of sp³-hybridized carbons (Fsp3) is 0.200. The Labute approximate surface area is 105 Å². The number of nitrogens with zero attached hydrogens (tertiary/aromatic N) is 3. The lowest BCUT2D eigenvalue weighted by Gasteiger charge is -2.01. The summed E-state index contributed by atoms with van der Waals surface area (Å²) >= 11 is 0. The van der Waals surface area contributed by atoms with Crippen molar-refractivity contribution in [2.45, 2.75) is 13.1 Å². The van der Waals surface area contributed by atoms with Gasteiger partial charge in [0.15, 0.2) is 0 Å². The van der Waals surface area contributed by atoms with Gasteiger partial charge in [0, 0.05) is 11.9 Å². The summed E-state index contributed by atoms with van der Waals surface area (Å²) in [5, 5.41) is 7.09. The van der Waals surface area contributed by atoms with E-state index in [1.807, 2.05) is 0 Å². The molecule has 2 aromatic rings. The number of anilines is 1. The summed E-state index contributed by atoms with van der Waals surface area (Å²) in [7, 11) is 0. The van der Waals surface area contributed by atoms with Gasteiger partial charge in [0.05, 0.1) is 5.56 Å². The van der Waals surface area contributed by atoms with Crippen LogP contribution in [0.25, 0.3) is 0 Å². The second kappa shape index (κ2) is 4.67. The van der Waals surface area contributed by atoms with Crippen LogP contribution in [0.2, 0.25) is 0 Å². The molecule has 9 heteroatoms. The van der Waals surface area contributed by atoms with Crippen LogP contribution in [0, 0.1) is 6.92 Å². The van der Waals surface area contributed by atoms with Gasteiger partial charge in [-0.3, -0.25) is 20.2 Å². The van der Waals surface area contributed by atoms with Gasteiger partial charge in [-0.2, -0.15) is 18.2 Å². The molecule has 0 fully saturated rings. The molecule has 0 aliphatic rings. The molecule has 0 aliphatic heterocycles. The number of hydrogen-bond acceptors (Lipinski definition) is 4. The van der Waals surface area contributed by atoms with E-state index in [9.17, 15) is 18.0 Å². The Balaban J connectivity index is 2.11. The number of hydrogen-bond donors (Lipinski definition) is 2. The van der Waals surface area contributed by atoms with Crippen molar-refractivity contribution < 1.29 is 18.0 Å². The molecule has 0 aliphatic carbocycles. The van der Waals surface area contributed by atoms with Crippen molar-refractivity contribution >= 4 is 11.9 Å². The Morgan fingerprint density at radius 2 is 2.11 bits per heavy atom. The van der Waals surface area contributed by atoms with E-state index in [2.05, 4.69) is 20.4 Å². The highest BCUT2D eigenvalue weighted by Gasteiger charge is 2.35. The van der Waals surface area contributed by atoms with Gasteiger partial charge in [0.1, 0.15) is 0 Å². The highest BCUT2D eigenvalue weighted by atomic mass is 19.4. The third-order valence-corrected chi connectivity index (χ3v) is 2.15. The molecular formula is C10H8F3N5O. The summed E-state index contributed by atoms with van der Waals surface area (Å²) in [6, 6.07) is 3.10. The van der Waals surface area contributed by atoms with Gasteiger partial charge in [-0.25, -0.2) is 0 Å². The van der Waals surface area contributed by atoms with E-state index in [1.165, 1.54) is 12.3 Å². The maximum absolute atomic E-state index is 12.2. The summed E-state index contributed by atoms with van der Waals surface area (Å²) in [6.45, 7) is 1.74. The molecule has 0 aromatic carbocycles. The number of rotatable bonds is 2. The Morgan fingerprint density at radius 1 is 1.37 bits per heavy atom. The summed E-state index contributed by atoms with van der Waals surface area (Å²) in [4.78, 5) is 18.7. The van der Waals surface area contributed by atoms with Crippen LogP contribution in [0.15, 0.2) is 18.3 Å². The number of aromatic nitrogens is 4. The average Bonchev–Trinajstić information content (AvgIpc) is 2.78. The molecule has 0 saturated heterocycles. The van der Waals surface area contributed by atoms with E-state index < -0.39 is 23.9 Å². The van der Waals surface area contributed by atoms with E-state index in [-0.39, 0.29) is 5.56 Å². The minimum absolute atomic E-state index is 0.198. The average molecular weight is 271 g/mol. The molecule has 6 nitrogen and oxygen atoms in total. The van der Waals surface area contributed by atoms with Gasteiger partial charge in [-0.05, 0) is 19.1 Å². The normalized spacial score (nSPS) is 11.4. The minimum atomic E-state index is -4.64. The van der Waals surface area contributed by atoms with Gasteiger partial charge in [-0.1, -0.05) is 0 Å². The van der Waals surface area contributed by atoms with Crippen LogP contribution in [0.1, 0.15) is 21.9 Å². The smallest absolute Gasteiger partial charge is 0.289 e. The van der Waals surface area contributed by atoms with Crippen LogP contribution in [-0.2, 0) is 6.18 Å². The zero-order chi connectivity index (χ0) is 14.0. The molecule has 2 rings (SSSR count). The third kappa shape index (κ3) is 3.06. The first kappa shape index (κ1) is 13.0. The number of aryl methyl sites for hydroxylation is 1. The topological polar surface area (TPSA) is 83.6 Å². The lowest BCUT2D eigenvalue weighted by Crippen LogP contribution is -2.13. The molecule has 0 atom stereocenters. The van der Waals surface area contributed by atoms with Crippen molar-refractivity contribution in [3.63, 3.8) is 0 Å². The van der Waals surface area contributed by atoms with Crippen molar-refractivity contribution in [1.82, 2.24) is 20.2 Å². The van der Waals surface area contributed by atoms with E-state index >= 15 is 0 Å². The minimum Gasteiger partial charge on any atom is -0.289 e. The first-order chi connectivity index (χ1) is 8.86. The first-order valence-electron chi connectivity index (χ1n) is 5.10. The van der Waals surface area contributed by atoms with E-state index in [0.29, 0.717) is 5.69 Å². The van der Waals surface area contributed by atoms with Gasteiger partial charge < -0.3 is 0 Å². The molecule has 0 saturated carbocycles. The number of H-pyrrole nitrogens is 1. The fourth-order valence-electron chi connectivity index (χ4n) is 1.22. The predicted molar refractivity (Wildman–Crippen MR) is 58.3 cm³/mol. The lowest BCUT2D eigenvalue weighted by molar-refractivity contribution is -0.144. The lowest BCUT2D eigenvalue weighted by atomic mass is 10.2. The van der Waals surface area contributed by atoms with Gasteiger partial charge in [-0.15, -0.1) is 5.10 Å². The number of pyridine rings is 1. The molecule has 0 bridgehead atoms. The van der Waals surface area contributed by atoms with Crippen LogP contribution in [0.4, 0.5) is 19.1 Å². The second-order valence-electron chi connectivity index (χ2n) is 3.65. The number of nitrogens with one attached hydrogen (secondary N) is 2. The number of amides is 1. The van der Waals surface area contributed by atoms with Crippen LogP contribution < -0.4 is 5.32 Å². The van der Waals surface area contributed by atoms with Gasteiger partial charge in [0.25, 0.3) is 5.91 Å². The monoisotopic (exact) mass is 271 g/mol. The number of halogens is 3. The second-order valence-corrected chi connectivity index (χ2v) is 3.65. The maximum atomic E-state index is 12.2. The quantitative estimate of drug-likeness (QED) is 0.872. The molecule has 2 aromatic heterocycles. The van der Waals surface area contributed by atoms with Crippen molar-refractivity contribution in [2.75, 3.05) is 5.32 Å². The zero-order valence-corrected chi connectivity index (χ0v) is 9.62. The summed E-state index contributed by atoms with van der Waals surface area (Å²) in [6.07, 6.45) is -3.33. The van der Waals surface area contributed by atoms with Crippen molar-refractivity contribution in [2.24, 2.45) is 0 Å². The maximum Gasteiger partial charge on any atom is 0.451 e. The Morgan fingerprint density at radius 3 is 2.63 bits per heavy atom. The highest BCUT2D eigenvalue weighted by Crippen LogP contribution is 2.26. The van der Waals surface area contributed by atoms with Crippen LogP contribution in [0.3, 0.4) is 0 Å².